The first-order chi connectivity index (χ1) is 7.85. The molecule has 3 heteroatoms. The highest BCUT2D eigenvalue weighted by Crippen LogP contribution is 2.21. The van der Waals surface area contributed by atoms with E-state index in [-0.39, 0.29) is 0 Å². The van der Waals surface area contributed by atoms with Gasteiger partial charge in [-0.1, -0.05) is 12.1 Å². The van der Waals surface area contributed by atoms with Crippen molar-refractivity contribution in [3.8, 4) is 0 Å². The van der Waals surface area contributed by atoms with Crippen LogP contribution in [0, 0.1) is 0 Å². The van der Waals surface area contributed by atoms with Crippen molar-refractivity contribution < 1.29 is 9.47 Å². The van der Waals surface area contributed by atoms with Gasteiger partial charge in [0, 0.05) is 20.8 Å². The number of benzene rings is 1. The van der Waals surface area contributed by atoms with Crippen molar-refractivity contribution in [3.63, 3.8) is 0 Å². The zero-order chi connectivity index (χ0) is 11.4. The zero-order valence-corrected chi connectivity index (χ0v) is 10.0. The molecule has 0 aromatic heterocycles. The van der Waals surface area contributed by atoms with Gasteiger partial charge in [-0.3, -0.25) is 0 Å². The summed E-state index contributed by atoms with van der Waals surface area (Å²) in [6.45, 7) is 3.37. The monoisotopic (exact) mass is 221 g/mol. The van der Waals surface area contributed by atoms with Gasteiger partial charge in [-0.05, 0) is 35.2 Å². The van der Waals surface area contributed by atoms with E-state index in [0.717, 1.165) is 19.5 Å². The van der Waals surface area contributed by atoms with Crippen molar-refractivity contribution >= 4 is 0 Å². The third-order valence-corrected chi connectivity index (χ3v) is 3.01. The zero-order valence-electron chi connectivity index (χ0n) is 10.0. The maximum Gasteiger partial charge on any atom is 0.0716 e. The lowest BCUT2D eigenvalue weighted by Gasteiger charge is -2.20. The van der Waals surface area contributed by atoms with Crippen LogP contribution in [0.25, 0.3) is 0 Å². The normalized spacial score (nSPS) is 14.9. The van der Waals surface area contributed by atoms with E-state index < -0.39 is 0 Å². The van der Waals surface area contributed by atoms with Gasteiger partial charge in [0.15, 0.2) is 0 Å². The van der Waals surface area contributed by atoms with Crippen molar-refractivity contribution in [2.45, 2.75) is 26.2 Å². The Morgan fingerprint density at radius 2 is 1.69 bits per heavy atom. The molecular weight excluding hydrogens is 202 g/mol. The molecule has 1 aliphatic rings. The molecule has 0 saturated carbocycles. The maximum absolute atomic E-state index is 5.23. The van der Waals surface area contributed by atoms with Crippen LogP contribution >= 0.6 is 0 Å². The lowest BCUT2D eigenvalue weighted by Crippen LogP contribution is -2.24. The van der Waals surface area contributed by atoms with E-state index in [1.807, 2.05) is 0 Å². The predicted molar refractivity (Wildman–Crippen MR) is 63.3 cm³/mol. The summed E-state index contributed by atoms with van der Waals surface area (Å²) in [6.07, 6.45) is 1.11. The van der Waals surface area contributed by atoms with Crippen LogP contribution < -0.4 is 5.32 Å². The third-order valence-electron chi connectivity index (χ3n) is 3.01. The van der Waals surface area contributed by atoms with E-state index in [0.29, 0.717) is 13.2 Å². The molecule has 1 N–H and O–H groups in total. The Balaban J connectivity index is 2.33. The van der Waals surface area contributed by atoms with Crippen LogP contribution in [0.5, 0.6) is 0 Å². The molecule has 0 bridgehead atoms. The summed E-state index contributed by atoms with van der Waals surface area (Å²) >= 11 is 0. The molecule has 0 saturated heterocycles. The second-order valence-corrected chi connectivity index (χ2v) is 4.18. The number of hydrogen-bond donors (Lipinski definition) is 1. The number of hydrogen-bond acceptors (Lipinski definition) is 3. The highest BCUT2D eigenvalue weighted by atomic mass is 16.5. The Hall–Kier alpha value is -0.900. The number of methoxy groups -OCH3 is 2. The number of fused-ring (bicyclic) bond motifs is 1. The largest absolute Gasteiger partial charge is 0.380 e. The van der Waals surface area contributed by atoms with Gasteiger partial charge < -0.3 is 14.8 Å². The van der Waals surface area contributed by atoms with Crippen LogP contribution in [0.15, 0.2) is 12.1 Å². The van der Waals surface area contributed by atoms with Crippen molar-refractivity contribution in [1.82, 2.24) is 5.32 Å². The average molecular weight is 221 g/mol. The van der Waals surface area contributed by atoms with Crippen molar-refractivity contribution in [2.75, 3.05) is 20.8 Å². The summed E-state index contributed by atoms with van der Waals surface area (Å²) < 4.78 is 10.5. The van der Waals surface area contributed by atoms with E-state index in [1.54, 1.807) is 14.2 Å². The van der Waals surface area contributed by atoms with Gasteiger partial charge in [0.25, 0.3) is 0 Å². The van der Waals surface area contributed by atoms with Gasteiger partial charge in [-0.2, -0.15) is 0 Å². The summed E-state index contributed by atoms with van der Waals surface area (Å²) in [4.78, 5) is 0. The number of ether oxygens (including phenoxy) is 2. The van der Waals surface area contributed by atoms with Crippen molar-refractivity contribution in [2.24, 2.45) is 0 Å². The topological polar surface area (TPSA) is 30.5 Å². The molecule has 2 rings (SSSR count). The lowest BCUT2D eigenvalue weighted by molar-refractivity contribution is 0.168. The second-order valence-electron chi connectivity index (χ2n) is 4.18. The fourth-order valence-electron chi connectivity index (χ4n) is 2.21. The first-order valence-corrected chi connectivity index (χ1v) is 5.67. The van der Waals surface area contributed by atoms with Gasteiger partial charge in [0.2, 0.25) is 0 Å². The Labute approximate surface area is 96.8 Å². The second kappa shape index (κ2) is 5.43. The van der Waals surface area contributed by atoms with E-state index in [4.69, 9.17) is 9.47 Å². The van der Waals surface area contributed by atoms with Crippen molar-refractivity contribution in [1.29, 1.82) is 0 Å². The molecule has 88 valence electrons. The molecule has 1 aromatic carbocycles. The molecule has 0 unspecified atom stereocenters. The van der Waals surface area contributed by atoms with Crippen LogP contribution in [0.2, 0.25) is 0 Å². The van der Waals surface area contributed by atoms with Crippen LogP contribution in [-0.4, -0.2) is 20.8 Å². The van der Waals surface area contributed by atoms with Crippen LogP contribution in [0.4, 0.5) is 0 Å². The van der Waals surface area contributed by atoms with E-state index in [9.17, 15) is 0 Å². The average Bonchev–Trinajstić information content (AvgIpc) is 2.30. The summed E-state index contributed by atoms with van der Waals surface area (Å²) in [7, 11) is 3.46. The predicted octanol–water partition coefficient (Wildman–Crippen LogP) is 1.63. The Morgan fingerprint density at radius 1 is 1.06 bits per heavy atom. The highest BCUT2D eigenvalue weighted by molar-refractivity contribution is 5.39. The molecular formula is C13H19NO2. The first kappa shape index (κ1) is 11.6. The van der Waals surface area contributed by atoms with Gasteiger partial charge in [-0.25, -0.2) is 0 Å². The van der Waals surface area contributed by atoms with Gasteiger partial charge in [0.1, 0.15) is 0 Å². The van der Waals surface area contributed by atoms with Crippen LogP contribution in [-0.2, 0) is 35.7 Å². The minimum atomic E-state index is 0.659. The fraction of sp³-hybridized carbons (Fsp3) is 0.538. The Bertz CT molecular complexity index is 328. The molecule has 3 nitrogen and oxygen atoms in total. The van der Waals surface area contributed by atoms with Gasteiger partial charge in [-0.15, -0.1) is 0 Å². The molecule has 1 aromatic rings. The summed E-state index contributed by atoms with van der Waals surface area (Å²) in [5.41, 5.74) is 5.35. The number of rotatable bonds is 4. The Kier molecular flexibility index (Phi) is 3.93. The van der Waals surface area contributed by atoms with E-state index in [1.165, 1.54) is 22.3 Å². The lowest BCUT2D eigenvalue weighted by atomic mass is 9.95. The van der Waals surface area contributed by atoms with Gasteiger partial charge in [0.05, 0.1) is 13.2 Å². The standard InChI is InChI=1S/C13H19NO2/c1-15-8-12-5-10-3-4-14-7-11(10)6-13(12)9-16-2/h5-6,14H,3-4,7-9H2,1-2H3. The van der Waals surface area contributed by atoms with Gasteiger partial charge >= 0.3 is 0 Å². The number of nitrogens with one attached hydrogen (secondary N) is 1. The summed E-state index contributed by atoms with van der Waals surface area (Å²) in [6, 6.07) is 4.52. The molecule has 0 spiro atoms. The molecule has 1 aliphatic heterocycles. The van der Waals surface area contributed by atoms with E-state index in [2.05, 4.69) is 17.4 Å². The quantitative estimate of drug-likeness (QED) is 0.838. The highest BCUT2D eigenvalue weighted by Gasteiger charge is 2.12. The third kappa shape index (κ3) is 2.43. The fourth-order valence-corrected chi connectivity index (χ4v) is 2.21. The molecule has 0 amide bonds. The summed E-state index contributed by atoms with van der Waals surface area (Å²) in [5, 5.41) is 3.39. The van der Waals surface area contributed by atoms with Crippen LogP contribution in [0.1, 0.15) is 22.3 Å². The molecule has 16 heavy (non-hydrogen) atoms. The summed E-state index contributed by atoms with van der Waals surface area (Å²) in [5.74, 6) is 0. The Morgan fingerprint density at radius 3 is 2.31 bits per heavy atom. The minimum Gasteiger partial charge on any atom is -0.380 e. The van der Waals surface area contributed by atoms with Crippen LogP contribution in [0.3, 0.4) is 0 Å². The molecule has 0 aliphatic carbocycles. The molecule has 0 atom stereocenters. The molecule has 0 fully saturated rings. The SMILES string of the molecule is COCc1cc2c(cc1COC)CNCC2. The smallest absolute Gasteiger partial charge is 0.0716 e. The van der Waals surface area contributed by atoms with Crippen molar-refractivity contribution in [3.05, 3.63) is 34.4 Å². The maximum atomic E-state index is 5.23. The first-order valence-electron chi connectivity index (χ1n) is 5.67. The molecule has 0 radical (unpaired) electrons. The van der Waals surface area contributed by atoms with E-state index >= 15 is 0 Å². The molecule has 1 heterocycles. The minimum absolute atomic E-state index is 0.659.